The number of amides is 1. The number of carbonyl (C=O) groups is 1. The second-order valence-corrected chi connectivity index (χ2v) is 6.25. The van der Waals surface area contributed by atoms with Gasteiger partial charge in [-0.2, -0.15) is 0 Å². The van der Waals surface area contributed by atoms with Crippen molar-refractivity contribution in [2.75, 3.05) is 6.54 Å². The van der Waals surface area contributed by atoms with Crippen LogP contribution in [0.3, 0.4) is 0 Å². The minimum absolute atomic E-state index is 0.00328. The molecule has 2 aromatic rings. The molecule has 0 aliphatic heterocycles. The first-order valence-electron chi connectivity index (χ1n) is 7.76. The quantitative estimate of drug-likeness (QED) is 0.563. The summed E-state index contributed by atoms with van der Waals surface area (Å²) in [6.07, 6.45) is 2.87. The summed E-state index contributed by atoms with van der Waals surface area (Å²) in [6.45, 7) is 2.47. The van der Waals surface area contributed by atoms with Crippen molar-refractivity contribution in [1.29, 1.82) is 0 Å². The number of benzene rings is 1. The molecule has 1 amide bonds. The van der Waals surface area contributed by atoms with E-state index in [2.05, 4.69) is 17.2 Å². The highest BCUT2D eigenvalue weighted by Crippen LogP contribution is 2.26. The van der Waals surface area contributed by atoms with Crippen LogP contribution in [0.1, 0.15) is 36.7 Å². The van der Waals surface area contributed by atoms with Crippen LogP contribution >= 0.6 is 11.3 Å². The van der Waals surface area contributed by atoms with E-state index in [9.17, 15) is 14.9 Å². The van der Waals surface area contributed by atoms with Gasteiger partial charge in [0.1, 0.15) is 10.7 Å². The molecule has 1 aromatic carbocycles. The summed E-state index contributed by atoms with van der Waals surface area (Å²) in [5.41, 5.74) is 6.60. The van der Waals surface area contributed by atoms with E-state index in [1.54, 1.807) is 17.5 Å². The lowest BCUT2D eigenvalue weighted by Gasteiger charge is -2.15. The highest BCUT2D eigenvalue weighted by molar-refractivity contribution is 7.13. The number of nitro benzene ring substituents is 1. The number of unbranched alkanes of at least 4 members (excludes halogenated alkanes) is 1. The monoisotopic (exact) mass is 348 g/mol. The molecule has 7 nitrogen and oxygen atoms in total. The third-order valence-corrected chi connectivity index (χ3v) is 4.46. The zero-order valence-electron chi connectivity index (χ0n) is 13.4. The second-order valence-electron chi connectivity index (χ2n) is 5.39. The number of aromatic nitrogens is 1. The lowest BCUT2D eigenvalue weighted by molar-refractivity contribution is -0.384. The number of nitro groups is 1. The molecule has 0 spiro atoms. The van der Waals surface area contributed by atoms with E-state index in [-0.39, 0.29) is 17.6 Å². The molecule has 1 atom stereocenters. The summed E-state index contributed by atoms with van der Waals surface area (Å²) in [6, 6.07) is 6.14. The number of nitrogens with one attached hydrogen (secondary N) is 1. The highest BCUT2D eigenvalue weighted by atomic mass is 32.1. The van der Waals surface area contributed by atoms with Crippen molar-refractivity contribution >= 4 is 22.9 Å². The summed E-state index contributed by atoms with van der Waals surface area (Å²) >= 11 is 1.28. The molecule has 0 aliphatic carbocycles. The van der Waals surface area contributed by atoms with Crippen LogP contribution in [0.5, 0.6) is 0 Å². The summed E-state index contributed by atoms with van der Waals surface area (Å²) in [5, 5.41) is 16.0. The number of thiazole rings is 1. The van der Waals surface area contributed by atoms with E-state index in [1.165, 1.54) is 23.5 Å². The number of hydrogen-bond donors (Lipinski definition) is 2. The van der Waals surface area contributed by atoms with Gasteiger partial charge in [0.05, 0.1) is 4.92 Å². The standard InChI is InChI=1S/C16H20N4O3S/c1-2-3-6-12(9-17)18-15(21)14-10-24-16(19-14)11-5-4-7-13(8-11)20(22)23/h4-5,7-8,10,12H,2-3,6,9,17H2,1H3,(H,18,21). The average Bonchev–Trinajstić information content (AvgIpc) is 3.08. The smallest absolute Gasteiger partial charge is 0.271 e. The average molecular weight is 348 g/mol. The van der Waals surface area contributed by atoms with Crippen molar-refractivity contribution in [3.05, 3.63) is 45.5 Å². The third-order valence-electron chi connectivity index (χ3n) is 3.57. The van der Waals surface area contributed by atoms with E-state index >= 15 is 0 Å². The summed E-state index contributed by atoms with van der Waals surface area (Å²) in [4.78, 5) is 27.0. The number of non-ortho nitro benzene ring substituents is 1. The van der Waals surface area contributed by atoms with Crippen LogP contribution in [-0.2, 0) is 0 Å². The van der Waals surface area contributed by atoms with Gasteiger partial charge in [-0.15, -0.1) is 11.3 Å². The largest absolute Gasteiger partial charge is 0.347 e. The van der Waals surface area contributed by atoms with Crippen LogP contribution in [0.2, 0.25) is 0 Å². The van der Waals surface area contributed by atoms with Crippen LogP contribution in [0.15, 0.2) is 29.6 Å². The molecule has 0 saturated carbocycles. The van der Waals surface area contributed by atoms with Gasteiger partial charge in [0.15, 0.2) is 0 Å². The minimum atomic E-state index is -0.454. The molecule has 3 N–H and O–H groups in total. The van der Waals surface area contributed by atoms with Gasteiger partial charge >= 0.3 is 0 Å². The Balaban J connectivity index is 2.11. The van der Waals surface area contributed by atoms with E-state index in [1.807, 2.05) is 0 Å². The fraction of sp³-hybridized carbons (Fsp3) is 0.375. The summed E-state index contributed by atoms with van der Waals surface area (Å²) < 4.78 is 0. The Morgan fingerprint density at radius 3 is 2.96 bits per heavy atom. The summed E-state index contributed by atoms with van der Waals surface area (Å²) in [5.74, 6) is -0.269. The van der Waals surface area contributed by atoms with Crippen molar-refractivity contribution in [3.63, 3.8) is 0 Å². The van der Waals surface area contributed by atoms with Gasteiger partial charge in [-0.25, -0.2) is 4.98 Å². The van der Waals surface area contributed by atoms with E-state index in [0.29, 0.717) is 22.8 Å². The molecule has 1 heterocycles. The molecular formula is C16H20N4O3S. The van der Waals surface area contributed by atoms with Gasteiger partial charge in [-0.3, -0.25) is 14.9 Å². The molecule has 1 unspecified atom stereocenters. The lowest BCUT2D eigenvalue weighted by atomic mass is 10.1. The molecule has 0 aliphatic rings. The zero-order chi connectivity index (χ0) is 17.5. The lowest BCUT2D eigenvalue weighted by Crippen LogP contribution is -2.40. The van der Waals surface area contributed by atoms with Crippen molar-refractivity contribution in [2.24, 2.45) is 5.73 Å². The predicted molar refractivity (Wildman–Crippen MR) is 94.0 cm³/mol. The molecule has 0 fully saturated rings. The third kappa shape index (κ3) is 4.59. The fourth-order valence-electron chi connectivity index (χ4n) is 2.22. The van der Waals surface area contributed by atoms with Gasteiger partial charge < -0.3 is 11.1 Å². The Bertz CT molecular complexity index is 717. The molecule has 24 heavy (non-hydrogen) atoms. The van der Waals surface area contributed by atoms with Crippen molar-refractivity contribution in [2.45, 2.75) is 32.2 Å². The van der Waals surface area contributed by atoms with E-state index in [4.69, 9.17) is 5.73 Å². The van der Waals surface area contributed by atoms with E-state index in [0.717, 1.165) is 19.3 Å². The molecule has 0 radical (unpaired) electrons. The SMILES string of the molecule is CCCCC(CN)NC(=O)c1csc(-c2cccc([N+](=O)[O-])c2)n1. The van der Waals surface area contributed by atoms with Crippen LogP contribution in [0, 0.1) is 10.1 Å². The van der Waals surface area contributed by atoms with Gasteiger partial charge in [-0.1, -0.05) is 31.9 Å². The topological polar surface area (TPSA) is 111 Å². The maximum Gasteiger partial charge on any atom is 0.271 e. The van der Waals surface area contributed by atoms with Gasteiger partial charge in [0.2, 0.25) is 0 Å². The van der Waals surface area contributed by atoms with Gasteiger partial charge in [0, 0.05) is 35.7 Å². The molecular weight excluding hydrogens is 328 g/mol. The molecule has 0 bridgehead atoms. The Morgan fingerprint density at radius 2 is 2.29 bits per heavy atom. The van der Waals surface area contributed by atoms with Crippen LogP contribution < -0.4 is 11.1 Å². The Kier molecular flexibility index (Phi) is 6.39. The first kappa shape index (κ1) is 18.0. The Morgan fingerprint density at radius 1 is 1.50 bits per heavy atom. The molecule has 0 saturated heterocycles. The second kappa shape index (κ2) is 8.51. The van der Waals surface area contributed by atoms with E-state index < -0.39 is 4.92 Å². The molecule has 8 heteroatoms. The Hall–Kier alpha value is -2.32. The van der Waals surface area contributed by atoms with Crippen molar-refractivity contribution in [3.8, 4) is 10.6 Å². The van der Waals surface area contributed by atoms with Crippen LogP contribution in [0.25, 0.3) is 10.6 Å². The molecule has 2 rings (SSSR count). The maximum atomic E-state index is 12.3. The number of nitrogens with zero attached hydrogens (tertiary/aromatic N) is 2. The number of carbonyl (C=O) groups excluding carboxylic acids is 1. The van der Waals surface area contributed by atoms with Gasteiger partial charge in [0.25, 0.3) is 11.6 Å². The number of hydrogen-bond acceptors (Lipinski definition) is 6. The normalized spacial score (nSPS) is 11.9. The van der Waals surface area contributed by atoms with Gasteiger partial charge in [-0.05, 0) is 6.42 Å². The Labute approximate surface area is 144 Å². The predicted octanol–water partition coefficient (Wildman–Crippen LogP) is 2.97. The highest BCUT2D eigenvalue weighted by Gasteiger charge is 2.16. The zero-order valence-corrected chi connectivity index (χ0v) is 14.2. The number of rotatable bonds is 8. The minimum Gasteiger partial charge on any atom is -0.347 e. The number of nitrogens with two attached hydrogens (primary N) is 1. The van der Waals surface area contributed by atoms with Crippen molar-refractivity contribution < 1.29 is 9.72 Å². The molecule has 128 valence electrons. The summed E-state index contributed by atoms with van der Waals surface area (Å²) in [7, 11) is 0. The molecule has 1 aromatic heterocycles. The fourth-order valence-corrected chi connectivity index (χ4v) is 3.02. The van der Waals surface area contributed by atoms with Crippen molar-refractivity contribution in [1.82, 2.24) is 10.3 Å². The van der Waals surface area contributed by atoms with Crippen LogP contribution in [0.4, 0.5) is 5.69 Å². The van der Waals surface area contributed by atoms with Crippen LogP contribution in [-0.4, -0.2) is 28.4 Å². The maximum absolute atomic E-state index is 12.3. The first-order chi connectivity index (χ1) is 11.5. The first-order valence-corrected chi connectivity index (χ1v) is 8.64.